The Morgan fingerprint density at radius 3 is 2.29 bits per heavy atom. The number of rotatable bonds is 3. The van der Waals surface area contributed by atoms with Crippen LogP contribution in [0.25, 0.3) is 0 Å². The van der Waals surface area contributed by atoms with Crippen LogP contribution in [0.5, 0.6) is 0 Å². The number of carbonyl (C=O) groups is 1. The van der Waals surface area contributed by atoms with Crippen LogP contribution in [0.2, 0.25) is 0 Å². The van der Waals surface area contributed by atoms with E-state index >= 15 is 0 Å². The van der Waals surface area contributed by atoms with E-state index < -0.39 is 0 Å². The van der Waals surface area contributed by atoms with E-state index in [1.165, 1.54) is 0 Å². The molecule has 0 bridgehead atoms. The van der Waals surface area contributed by atoms with Gasteiger partial charge in [-0.3, -0.25) is 4.79 Å². The molecule has 0 aliphatic heterocycles. The molecule has 1 amide bonds. The number of nitrogens with zero attached hydrogens (tertiary/aromatic N) is 1. The molecule has 1 aliphatic carbocycles. The second-order valence-electron chi connectivity index (χ2n) is 5.19. The first kappa shape index (κ1) is 11.5. The summed E-state index contributed by atoms with van der Waals surface area (Å²) in [5.41, 5.74) is -0.115. The minimum absolute atomic E-state index is 0.115. The van der Waals surface area contributed by atoms with Crippen LogP contribution in [0.3, 0.4) is 0 Å². The molecule has 0 aromatic carbocycles. The normalized spacial score (nSPS) is 31.4. The zero-order chi connectivity index (χ0) is 10.9. The molecule has 1 fully saturated rings. The summed E-state index contributed by atoms with van der Waals surface area (Å²) in [4.78, 5) is 13.5. The third kappa shape index (κ3) is 2.27. The first-order valence-corrected chi connectivity index (χ1v) is 5.33. The summed E-state index contributed by atoms with van der Waals surface area (Å²) in [7, 11) is 3.66. The molecule has 0 saturated heterocycles. The van der Waals surface area contributed by atoms with Crippen molar-refractivity contribution in [2.24, 2.45) is 5.41 Å². The molecule has 1 rings (SSSR count). The standard InChI is InChI=1S/C11H22N2O/c1-8(2)12-9-6-11(3,7-9)10(14)13(4)5/h8-9,12H,6-7H2,1-5H3. The number of amides is 1. The lowest BCUT2D eigenvalue weighted by Crippen LogP contribution is -2.55. The van der Waals surface area contributed by atoms with Gasteiger partial charge in [0.2, 0.25) is 5.91 Å². The fourth-order valence-electron chi connectivity index (χ4n) is 2.33. The summed E-state index contributed by atoms with van der Waals surface area (Å²) < 4.78 is 0. The van der Waals surface area contributed by atoms with E-state index in [2.05, 4.69) is 26.1 Å². The van der Waals surface area contributed by atoms with E-state index in [4.69, 9.17) is 0 Å². The summed E-state index contributed by atoms with van der Waals surface area (Å²) in [6.07, 6.45) is 1.95. The number of carbonyl (C=O) groups excluding carboxylic acids is 1. The molecule has 0 aromatic rings. The lowest BCUT2D eigenvalue weighted by molar-refractivity contribution is -0.144. The topological polar surface area (TPSA) is 32.3 Å². The molecule has 82 valence electrons. The van der Waals surface area contributed by atoms with Crippen LogP contribution in [0, 0.1) is 5.41 Å². The molecule has 1 N–H and O–H groups in total. The lowest BCUT2D eigenvalue weighted by atomic mass is 9.66. The molecule has 0 unspecified atom stereocenters. The van der Waals surface area contributed by atoms with Gasteiger partial charge in [-0.2, -0.15) is 0 Å². The zero-order valence-electron chi connectivity index (χ0n) is 9.92. The van der Waals surface area contributed by atoms with Crippen molar-refractivity contribution in [2.45, 2.75) is 45.7 Å². The second kappa shape index (κ2) is 3.89. The Bertz CT molecular complexity index is 217. The van der Waals surface area contributed by atoms with E-state index in [-0.39, 0.29) is 11.3 Å². The smallest absolute Gasteiger partial charge is 0.228 e. The Morgan fingerprint density at radius 2 is 1.93 bits per heavy atom. The molecule has 1 aliphatic rings. The van der Waals surface area contributed by atoms with Gasteiger partial charge in [0.1, 0.15) is 0 Å². The second-order valence-corrected chi connectivity index (χ2v) is 5.19. The van der Waals surface area contributed by atoms with Gasteiger partial charge in [0, 0.05) is 31.6 Å². The van der Waals surface area contributed by atoms with Crippen LogP contribution < -0.4 is 5.32 Å². The van der Waals surface area contributed by atoms with E-state index in [1.54, 1.807) is 4.90 Å². The summed E-state index contributed by atoms with van der Waals surface area (Å²) in [6, 6.07) is 1.04. The summed E-state index contributed by atoms with van der Waals surface area (Å²) in [6.45, 7) is 6.35. The molecule has 3 heteroatoms. The SMILES string of the molecule is CC(C)NC1CC(C)(C(=O)N(C)C)C1. The fraction of sp³-hybridized carbons (Fsp3) is 0.909. The van der Waals surface area contributed by atoms with Gasteiger partial charge in [0.15, 0.2) is 0 Å². The van der Waals surface area contributed by atoms with Gasteiger partial charge in [-0.05, 0) is 12.8 Å². The van der Waals surface area contributed by atoms with Crippen molar-refractivity contribution in [3.63, 3.8) is 0 Å². The molecule has 0 aromatic heterocycles. The Balaban J connectivity index is 2.41. The van der Waals surface area contributed by atoms with Crippen molar-refractivity contribution in [1.29, 1.82) is 0 Å². The van der Waals surface area contributed by atoms with Gasteiger partial charge < -0.3 is 10.2 Å². The van der Waals surface area contributed by atoms with Crippen molar-refractivity contribution in [1.82, 2.24) is 10.2 Å². The largest absolute Gasteiger partial charge is 0.348 e. The maximum atomic E-state index is 11.8. The Labute approximate surface area is 86.9 Å². The molecule has 0 heterocycles. The maximum absolute atomic E-state index is 11.8. The van der Waals surface area contributed by atoms with Gasteiger partial charge >= 0.3 is 0 Å². The third-order valence-electron chi connectivity index (χ3n) is 2.89. The van der Waals surface area contributed by atoms with Crippen LogP contribution in [-0.4, -0.2) is 37.0 Å². The van der Waals surface area contributed by atoms with Gasteiger partial charge in [-0.25, -0.2) is 0 Å². The van der Waals surface area contributed by atoms with Gasteiger partial charge in [0.25, 0.3) is 0 Å². The molecular weight excluding hydrogens is 176 g/mol. The molecule has 0 radical (unpaired) electrons. The van der Waals surface area contributed by atoms with E-state index in [1.807, 2.05) is 14.1 Å². The predicted octanol–water partition coefficient (Wildman–Crippen LogP) is 1.24. The molecule has 14 heavy (non-hydrogen) atoms. The lowest BCUT2D eigenvalue weighted by Gasteiger charge is -2.46. The van der Waals surface area contributed by atoms with E-state index in [9.17, 15) is 4.79 Å². The minimum Gasteiger partial charge on any atom is -0.348 e. The van der Waals surface area contributed by atoms with Gasteiger partial charge in [0.05, 0.1) is 0 Å². The average molecular weight is 198 g/mol. The van der Waals surface area contributed by atoms with Crippen LogP contribution in [0.4, 0.5) is 0 Å². The van der Waals surface area contributed by atoms with Crippen molar-refractivity contribution in [3.05, 3.63) is 0 Å². The molecule has 3 nitrogen and oxygen atoms in total. The Hall–Kier alpha value is -0.570. The minimum atomic E-state index is -0.115. The summed E-state index contributed by atoms with van der Waals surface area (Å²) in [5.74, 6) is 0.263. The highest BCUT2D eigenvalue weighted by Gasteiger charge is 2.46. The molecule has 0 atom stereocenters. The Kier molecular flexibility index (Phi) is 3.20. The van der Waals surface area contributed by atoms with Crippen molar-refractivity contribution >= 4 is 5.91 Å². The third-order valence-corrected chi connectivity index (χ3v) is 2.89. The summed E-state index contributed by atoms with van der Waals surface area (Å²) in [5, 5.41) is 3.46. The van der Waals surface area contributed by atoms with Crippen molar-refractivity contribution in [3.8, 4) is 0 Å². The molecule has 0 spiro atoms. The highest BCUT2D eigenvalue weighted by atomic mass is 16.2. The van der Waals surface area contributed by atoms with Crippen LogP contribution >= 0.6 is 0 Å². The fourth-order valence-corrected chi connectivity index (χ4v) is 2.33. The molecule has 1 saturated carbocycles. The monoisotopic (exact) mass is 198 g/mol. The van der Waals surface area contributed by atoms with E-state index in [0.717, 1.165) is 12.8 Å². The first-order chi connectivity index (χ1) is 6.35. The van der Waals surface area contributed by atoms with Crippen LogP contribution in [0.1, 0.15) is 33.6 Å². The van der Waals surface area contributed by atoms with Gasteiger partial charge in [-0.1, -0.05) is 20.8 Å². The average Bonchev–Trinajstić information content (AvgIpc) is 1.98. The highest BCUT2D eigenvalue weighted by Crippen LogP contribution is 2.42. The first-order valence-electron chi connectivity index (χ1n) is 5.33. The maximum Gasteiger partial charge on any atom is 0.228 e. The number of hydrogen-bond donors (Lipinski definition) is 1. The highest BCUT2D eigenvalue weighted by molar-refractivity contribution is 5.83. The predicted molar refractivity (Wildman–Crippen MR) is 58.1 cm³/mol. The zero-order valence-corrected chi connectivity index (χ0v) is 9.92. The Morgan fingerprint density at radius 1 is 1.43 bits per heavy atom. The molecular formula is C11H22N2O. The summed E-state index contributed by atoms with van der Waals surface area (Å²) >= 11 is 0. The van der Waals surface area contributed by atoms with Crippen molar-refractivity contribution < 1.29 is 4.79 Å². The van der Waals surface area contributed by atoms with Gasteiger partial charge in [-0.15, -0.1) is 0 Å². The van der Waals surface area contributed by atoms with Crippen LogP contribution in [-0.2, 0) is 4.79 Å². The van der Waals surface area contributed by atoms with Crippen molar-refractivity contribution in [2.75, 3.05) is 14.1 Å². The number of nitrogens with one attached hydrogen (secondary N) is 1. The quantitative estimate of drug-likeness (QED) is 0.740. The van der Waals surface area contributed by atoms with E-state index in [0.29, 0.717) is 12.1 Å². The number of hydrogen-bond acceptors (Lipinski definition) is 2. The van der Waals surface area contributed by atoms with Crippen LogP contribution in [0.15, 0.2) is 0 Å².